The Hall–Kier alpha value is 0.180. The van der Waals surface area contributed by atoms with E-state index in [-0.39, 0.29) is 0 Å². The first-order valence-electron chi connectivity index (χ1n) is 9.46. The first kappa shape index (κ1) is 23.2. The van der Waals surface area contributed by atoms with Crippen LogP contribution in [-0.2, 0) is 0 Å². The molecule has 23 heavy (non-hydrogen) atoms. The number of allylic oxidation sites excluding steroid dienone is 6. The SMILES string of the molecule is CCCCCC/C=C\CC(Br)CCCCC=CCC=CCCBr. The van der Waals surface area contributed by atoms with Crippen LogP contribution in [0.25, 0.3) is 0 Å². The molecule has 0 aromatic rings. The van der Waals surface area contributed by atoms with Gasteiger partial charge in [0.05, 0.1) is 0 Å². The minimum atomic E-state index is 0.658. The average molecular weight is 448 g/mol. The molecule has 1 atom stereocenters. The molecule has 0 aromatic heterocycles. The second kappa shape index (κ2) is 20.2. The molecule has 1 unspecified atom stereocenters. The molecule has 0 aliphatic rings. The van der Waals surface area contributed by atoms with E-state index in [1.807, 2.05) is 0 Å². The third kappa shape index (κ3) is 20.1. The molecule has 0 aromatic carbocycles. The molecule has 2 heteroatoms. The van der Waals surface area contributed by atoms with Crippen molar-refractivity contribution in [2.24, 2.45) is 0 Å². The molecule has 0 rings (SSSR count). The van der Waals surface area contributed by atoms with E-state index in [2.05, 4.69) is 75.2 Å². The summed E-state index contributed by atoms with van der Waals surface area (Å²) >= 11 is 7.23. The summed E-state index contributed by atoms with van der Waals surface area (Å²) in [6.45, 7) is 2.27. The molecule has 0 radical (unpaired) electrons. The largest absolute Gasteiger partial charge is 0.0925 e. The Kier molecular flexibility index (Phi) is 20.4. The maximum atomic E-state index is 3.81. The van der Waals surface area contributed by atoms with Gasteiger partial charge in [0.15, 0.2) is 0 Å². The van der Waals surface area contributed by atoms with Crippen molar-refractivity contribution in [2.75, 3.05) is 5.33 Å². The molecular weight excluding hydrogens is 412 g/mol. The number of unbranched alkanes of at least 4 members (excludes halogenated alkanes) is 6. The van der Waals surface area contributed by atoms with E-state index in [1.54, 1.807) is 0 Å². The van der Waals surface area contributed by atoms with Gasteiger partial charge in [0, 0.05) is 10.2 Å². The van der Waals surface area contributed by atoms with Crippen molar-refractivity contribution in [1.82, 2.24) is 0 Å². The molecule has 0 saturated carbocycles. The summed E-state index contributed by atoms with van der Waals surface area (Å²) in [5.41, 5.74) is 0. The Morgan fingerprint density at radius 3 is 2.09 bits per heavy atom. The van der Waals surface area contributed by atoms with Gasteiger partial charge in [-0.2, -0.15) is 0 Å². The van der Waals surface area contributed by atoms with Crippen molar-refractivity contribution < 1.29 is 0 Å². The first-order chi connectivity index (χ1) is 11.3. The summed E-state index contributed by atoms with van der Waals surface area (Å²) in [5, 5.41) is 1.06. The van der Waals surface area contributed by atoms with Crippen molar-refractivity contribution >= 4 is 31.9 Å². The van der Waals surface area contributed by atoms with Crippen LogP contribution in [0.4, 0.5) is 0 Å². The summed E-state index contributed by atoms with van der Waals surface area (Å²) < 4.78 is 0. The smallest absolute Gasteiger partial charge is 0.0180 e. The molecule has 0 heterocycles. The van der Waals surface area contributed by atoms with Gasteiger partial charge in [0.25, 0.3) is 0 Å². The highest BCUT2D eigenvalue weighted by atomic mass is 79.9. The number of rotatable bonds is 16. The van der Waals surface area contributed by atoms with Crippen molar-refractivity contribution in [3.05, 3.63) is 36.5 Å². The van der Waals surface area contributed by atoms with Crippen LogP contribution >= 0.6 is 31.9 Å². The van der Waals surface area contributed by atoms with Gasteiger partial charge in [0.2, 0.25) is 0 Å². The van der Waals surface area contributed by atoms with Gasteiger partial charge in [-0.1, -0.05) is 101 Å². The highest BCUT2D eigenvalue weighted by molar-refractivity contribution is 9.09. The van der Waals surface area contributed by atoms with E-state index < -0.39 is 0 Å². The van der Waals surface area contributed by atoms with Gasteiger partial charge < -0.3 is 0 Å². The molecule has 0 bridgehead atoms. The van der Waals surface area contributed by atoms with Crippen LogP contribution < -0.4 is 0 Å². The van der Waals surface area contributed by atoms with Gasteiger partial charge in [-0.25, -0.2) is 0 Å². The molecule has 0 N–H and O–H groups in total. The summed E-state index contributed by atoms with van der Waals surface area (Å²) in [5.74, 6) is 0. The third-order valence-corrected chi connectivity index (χ3v) is 5.09. The summed E-state index contributed by atoms with van der Waals surface area (Å²) in [7, 11) is 0. The van der Waals surface area contributed by atoms with Crippen molar-refractivity contribution in [2.45, 2.75) is 88.8 Å². The Morgan fingerprint density at radius 2 is 1.39 bits per heavy atom. The van der Waals surface area contributed by atoms with Crippen LogP contribution in [-0.4, -0.2) is 10.2 Å². The zero-order valence-electron chi connectivity index (χ0n) is 15.0. The molecule has 0 fully saturated rings. The first-order valence-corrected chi connectivity index (χ1v) is 11.5. The molecule has 0 spiro atoms. The summed E-state index contributed by atoms with van der Waals surface area (Å²) in [4.78, 5) is 0.658. The van der Waals surface area contributed by atoms with Crippen molar-refractivity contribution in [3.63, 3.8) is 0 Å². The van der Waals surface area contributed by atoms with Gasteiger partial charge in [-0.15, -0.1) is 0 Å². The fourth-order valence-corrected chi connectivity index (χ4v) is 3.17. The number of halogens is 2. The minimum Gasteiger partial charge on any atom is -0.0925 e. The normalized spacial score (nSPS) is 13.7. The monoisotopic (exact) mass is 446 g/mol. The van der Waals surface area contributed by atoms with Gasteiger partial charge in [0.1, 0.15) is 0 Å². The number of hydrogen-bond donors (Lipinski definition) is 0. The van der Waals surface area contributed by atoms with Crippen LogP contribution in [0, 0.1) is 0 Å². The molecule has 134 valence electrons. The fourth-order valence-electron chi connectivity index (χ4n) is 2.37. The highest BCUT2D eigenvalue weighted by Crippen LogP contribution is 2.16. The van der Waals surface area contributed by atoms with Gasteiger partial charge in [-0.3, -0.25) is 0 Å². The summed E-state index contributed by atoms with van der Waals surface area (Å²) in [6.07, 6.45) is 29.1. The van der Waals surface area contributed by atoms with Crippen LogP contribution in [0.2, 0.25) is 0 Å². The zero-order chi connectivity index (χ0) is 17.0. The quantitative estimate of drug-likeness (QED) is 0.126. The second-order valence-electron chi connectivity index (χ2n) is 6.09. The molecule has 0 saturated heterocycles. The second-order valence-corrected chi connectivity index (χ2v) is 8.18. The Bertz CT molecular complexity index is 305. The lowest BCUT2D eigenvalue weighted by Gasteiger charge is -2.05. The standard InChI is InChI=1S/C21H36Br2/c1-2-3-4-5-9-12-15-18-21(23)19-16-13-10-7-6-8-11-14-17-20-22/h6-7,11-12,14-15,21H,2-5,8-10,13,16-20H2,1H3/b7-6?,14-11?,15-12-. The van der Waals surface area contributed by atoms with Crippen molar-refractivity contribution in [1.29, 1.82) is 0 Å². The molecule has 0 aliphatic heterocycles. The highest BCUT2D eigenvalue weighted by Gasteiger charge is 2.00. The lowest BCUT2D eigenvalue weighted by atomic mass is 10.1. The van der Waals surface area contributed by atoms with E-state index in [0.717, 1.165) is 18.2 Å². The summed E-state index contributed by atoms with van der Waals surface area (Å²) in [6, 6.07) is 0. The third-order valence-electron chi connectivity index (χ3n) is 3.80. The lowest BCUT2D eigenvalue weighted by Crippen LogP contribution is -1.95. The number of alkyl halides is 2. The van der Waals surface area contributed by atoms with E-state index in [9.17, 15) is 0 Å². The van der Waals surface area contributed by atoms with E-state index >= 15 is 0 Å². The van der Waals surface area contributed by atoms with Gasteiger partial charge >= 0.3 is 0 Å². The lowest BCUT2D eigenvalue weighted by molar-refractivity contribution is 0.663. The Morgan fingerprint density at radius 1 is 0.739 bits per heavy atom. The number of hydrogen-bond acceptors (Lipinski definition) is 0. The maximum absolute atomic E-state index is 3.81. The van der Waals surface area contributed by atoms with E-state index in [1.165, 1.54) is 64.2 Å². The molecule has 0 nitrogen and oxygen atoms in total. The molecule has 0 aliphatic carbocycles. The topological polar surface area (TPSA) is 0 Å². The average Bonchev–Trinajstić information content (AvgIpc) is 2.55. The maximum Gasteiger partial charge on any atom is 0.0180 e. The van der Waals surface area contributed by atoms with Crippen molar-refractivity contribution in [3.8, 4) is 0 Å². The Balaban J connectivity index is 3.37. The van der Waals surface area contributed by atoms with Crippen LogP contribution in [0.5, 0.6) is 0 Å². The Labute approximate surface area is 162 Å². The minimum absolute atomic E-state index is 0.658. The van der Waals surface area contributed by atoms with Gasteiger partial charge in [-0.05, 0) is 51.4 Å². The van der Waals surface area contributed by atoms with Crippen LogP contribution in [0.15, 0.2) is 36.5 Å². The molecule has 0 amide bonds. The van der Waals surface area contributed by atoms with E-state index in [4.69, 9.17) is 0 Å². The zero-order valence-corrected chi connectivity index (χ0v) is 18.2. The van der Waals surface area contributed by atoms with Crippen LogP contribution in [0.1, 0.15) is 84.0 Å². The molecular formula is C21H36Br2. The van der Waals surface area contributed by atoms with E-state index in [0.29, 0.717) is 4.83 Å². The predicted octanol–water partition coefficient (Wildman–Crippen LogP) is 8.51. The van der Waals surface area contributed by atoms with Crippen LogP contribution in [0.3, 0.4) is 0 Å². The fraction of sp³-hybridized carbons (Fsp3) is 0.714. The predicted molar refractivity (Wildman–Crippen MR) is 115 cm³/mol.